The molecule has 1 aromatic carbocycles. The molecule has 0 saturated carbocycles. The Morgan fingerprint density at radius 1 is 0.933 bits per heavy atom. The molecule has 4 rings (SSSR count). The average molecular weight is 520 g/mol. The maximum absolute atomic E-state index is 4.94. The summed E-state index contributed by atoms with van der Waals surface area (Å²) < 4.78 is 0. The molecule has 2 saturated heterocycles. The number of benzene rings is 1. The van der Waals surface area contributed by atoms with Crippen LogP contribution in [0.5, 0.6) is 0 Å². The Hall–Kier alpha value is -1.87. The van der Waals surface area contributed by atoms with E-state index in [0.717, 1.165) is 62.3 Å². The second kappa shape index (κ2) is 11.5. The lowest BCUT2D eigenvalue weighted by Gasteiger charge is -2.33. The highest BCUT2D eigenvalue weighted by Gasteiger charge is 2.16. The zero-order valence-corrected chi connectivity index (χ0v) is 20.2. The number of hydrogen-bond acceptors (Lipinski definition) is 4. The predicted octanol–water partition coefficient (Wildman–Crippen LogP) is 3.91. The van der Waals surface area contributed by atoms with Crippen LogP contribution in [0.15, 0.2) is 53.7 Å². The molecule has 0 radical (unpaired) electrons. The third kappa shape index (κ3) is 6.31. The van der Waals surface area contributed by atoms with Crippen molar-refractivity contribution in [1.29, 1.82) is 0 Å². The van der Waals surface area contributed by atoms with E-state index in [-0.39, 0.29) is 24.0 Å². The first-order valence-corrected chi connectivity index (χ1v) is 10.8. The highest BCUT2D eigenvalue weighted by Crippen LogP contribution is 2.16. The number of likely N-dealkylation sites (tertiary alicyclic amines) is 1. The van der Waals surface area contributed by atoms with Crippen molar-refractivity contribution in [3.8, 4) is 0 Å². The van der Waals surface area contributed by atoms with Crippen molar-refractivity contribution in [2.24, 2.45) is 4.99 Å². The monoisotopic (exact) mass is 520 g/mol. The second-order valence-electron chi connectivity index (χ2n) is 7.99. The summed E-state index contributed by atoms with van der Waals surface area (Å²) in [7, 11) is 2.18. The van der Waals surface area contributed by atoms with Gasteiger partial charge >= 0.3 is 0 Å². The highest BCUT2D eigenvalue weighted by molar-refractivity contribution is 14.0. The molecular formula is C23H33IN6. The molecule has 0 amide bonds. The van der Waals surface area contributed by atoms with Crippen LogP contribution in [0.25, 0.3) is 0 Å². The van der Waals surface area contributed by atoms with Gasteiger partial charge < -0.3 is 20.0 Å². The Labute approximate surface area is 197 Å². The molecule has 2 aliphatic heterocycles. The number of anilines is 2. The molecule has 162 valence electrons. The van der Waals surface area contributed by atoms with Crippen molar-refractivity contribution in [1.82, 2.24) is 14.8 Å². The molecule has 3 heterocycles. The zero-order chi connectivity index (χ0) is 19.9. The smallest absolute Gasteiger partial charge is 0.198 e. The minimum Gasteiger partial charge on any atom is -0.354 e. The van der Waals surface area contributed by atoms with Gasteiger partial charge in [0.05, 0.1) is 6.54 Å². The van der Waals surface area contributed by atoms with Gasteiger partial charge in [0.25, 0.3) is 0 Å². The Kier molecular flexibility index (Phi) is 8.74. The number of aromatic nitrogens is 1. The van der Waals surface area contributed by atoms with Crippen molar-refractivity contribution < 1.29 is 0 Å². The molecule has 0 atom stereocenters. The van der Waals surface area contributed by atoms with Gasteiger partial charge in [-0.05, 0) is 50.1 Å². The first-order chi connectivity index (χ1) is 14.3. The van der Waals surface area contributed by atoms with E-state index in [1.54, 1.807) is 0 Å². The summed E-state index contributed by atoms with van der Waals surface area (Å²) in [6, 6.07) is 14.6. The number of aliphatic imine (C=N–C) groups is 1. The molecule has 0 spiro atoms. The fourth-order valence-corrected chi connectivity index (χ4v) is 3.87. The number of pyridine rings is 1. The van der Waals surface area contributed by atoms with Crippen LogP contribution in [0.2, 0.25) is 0 Å². The van der Waals surface area contributed by atoms with Gasteiger partial charge in [-0.3, -0.25) is 0 Å². The fourth-order valence-electron chi connectivity index (χ4n) is 3.87. The molecule has 1 aromatic heterocycles. The van der Waals surface area contributed by atoms with Crippen LogP contribution in [-0.2, 0) is 6.54 Å². The molecule has 1 N–H and O–H groups in total. The zero-order valence-electron chi connectivity index (χ0n) is 17.8. The van der Waals surface area contributed by atoms with Gasteiger partial charge in [-0.25, -0.2) is 9.98 Å². The van der Waals surface area contributed by atoms with Crippen molar-refractivity contribution in [3.05, 3.63) is 54.2 Å². The summed E-state index contributed by atoms with van der Waals surface area (Å²) in [5, 5.41) is 3.53. The maximum atomic E-state index is 4.94. The fraction of sp³-hybridized carbons (Fsp3) is 0.478. The summed E-state index contributed by atoms with van der Waals surface area (Å²) in [6.45, 7) is 7.05. The van der Waals surface area contributed by atoms with Crippen LogP contribution in [0.4, 0.5) is 11.5 Å². The van der Waals surface area contributed by atoms with E-state index in [2.05, 4.69) is 63.5 Å². The predicted molar refractivity (Wildman–Crippen MR) is 136 cm³/mol. The lowest BCUT2D eigenvalue weighted by Crippen LogP contribution is -2.44. The molecule has 0 bridgehead atoms. The Morgan fingerprint density at radius 2 is 1.67 bits per heavy atom. The van der Waals surface area contributed by atoms with Crippen molar-refractivity contribution in [2.75, 3.05) is 56.5 Å². The first-order valence-electron chi connectivity index (χ1n) is 10.8. The number of guanidine groups is 1. The van der Waals surface area contributed by atoms with Crippen LogP contribution in [-0.4, -0.2) is 67.1 Å². The van der Waals surface area contributed by atoms with Crippen molar-refractivity contribution >= 4 is 41.4 Å². The van der Waals surface area contributed by atoms with E-state index in [0.29, 0.717) is 6.54 Å². The molecule has 2 aliphatic rings. The number of hydrogen-bond donors (Lipinski definition) is 1. The lowest BCUT2D eigenvalue weighted by molar-refractivity contribution is 0.312. The second-order valence-corrected chi connectivity index (χ2v) is 7.99. The van der Waals surface area contributed by atoms with E-state index in [1.165, 1.54) is 19.3 Å². The van der Waals surface area contributed by atoms with Crippen LogP contribution in [0.3, 0.4) is 0 Å². The lowest BCUT2D eigenvalue weighted by atomic mass is 10.1. The summed E-state index contributed by atoms with van der Waals surface area (Å²) >= 11 is 0. The standard InChI is InChI=1S/C23H32N6.HI/c1-27-14-16-28(17-15-27)22-11-10-20(18-24-22)19-25-23(29-12-6-3-7-13-29)26-21-8-4-2-5-9-21;/h2,4-5,8-11,18H,3,6-7,12-17,19H2,1H3,(H,25,26);1H. The number of likely N-dealkylation sites (N-methyl/N-ethyl adjacent to an activating group) is 1. The van der Waals surface area contributed by atoms with Crippen molar-refractivity contribution in [3.63, 3.8) is 0 Å². The number of nitrogens with zero attached hydrogens (tertiary/aromatic N) is 5. The van der Waals surface area contributed by atoms with Crippen LogP contribution < -0.4 is 10.2 Å². The minimum absolute atomic E-state index is 0. The SMILES string of the molecule is CN1CCN(c2ccc(CN=C(Nc3ccccc3)N3CCCCC3)cn2)CC1.I. The van der Waals surface area contributed by atoms with E-state index >= 15 is 0 Å². The van der Waals surface area contributed by atoms with E-state index in [4.69, 9.17) is 9.98 Å². The number of rotatable bonds is 4. The third-order valence-electron chi connectivity index (χ3n) is 5.73. The summed E-state index contributed by atoms with van der Waals surface area (Å²) in [4.78, 5) is 16.7. The Balaban J connectivity index is 0.00000256. The molecule has 0 aliphatic carbocycles. The number of nitrogens with one attached hydrogen (secondary N) is 1. The van der Waals surface area contributed by atoms with E-state index in [1.807, 2.05) is 12.3 Å². The normalized spacial score (nSPS) is 18.1. The summed E-state index contributed by atoms with van der Waals surface area (Å²) in [6.07, 6.45) is 5.76. The van der Waals surface area contributed by atoms with Gasteiger partial charge in [0.1, 0.15) is 5.82 Å². The molecule has 30 heavy (non-hydrogen) atoms. The van der Waals surface area contributed by atoms with Gasteiger partial charge in [-0.2, -0.15) is 0 Å². The van der Waals surface area contributed by atoms with Gasteiger partial charge in [0.2, 0.25) is 0 Å². The molecule has 2 aromatic rings. The van der Waals surface area contributed by atoms with Gasteiger partial charge in [0, 0.05) is 51.2 Å². The average Bonchev–Trinajstić information content (AvgIpc) is 2.79. The molecule has 7 heteroatoms. The molecule has 0 unspecified atom stereocenters. The van der Waals surface area contributed by atoms with Crippen molar-refractivity contribution in [2.45, 2.75) is 25.8 Å². The minimum atomic E-state index is 0. The molecule has 2 fully saturated rings. The van der Waals surface area contributed by atoms with E-state index < -0.39 is 0 Å². The Bertz CT molecular complexity index is 781. The maximum Gasteiger partial charge on any atom is 0.198 e. The molecule has 6 nitrogen and oxygen atoms in total. The number of piperidine rings is 1. The van der Waals surface area contributed by atoms with Gasteiger partial charge in [-0.1, -0.05) is 24.3 Å². The number of halogens is 1. The topological polar surface area (TPSA) is 47.0 Å². The van der Waals surface area contributed by atoms with Crippen LogP contribution >= 0.6 is 24.0 Å². The van der Waals surface area contributed by atoms with Gasteiger partial charge in [-0.15, -0.1) is 24.0 Å². The third-order valence-corrected chi connectivity index (χ3v) is 5.73. The number of piperazine rings is 1. The van der Waals surface area contributed by atoms with Crippen LogP contribution in [0.1, 0.15) is 24.8 Å². The summed E-state index contributed by atoms with van der Waals surface area (Å²) in [5.41, 5.74) is 2.23. The Morgan fingerprint density at radius 3 is 2.33 bits per heavy atom. The molecular weight excluding hydrogens is 487 g/mol. The van der Waals surface area contributed by atoms with E-state index in [9.17, 15) is 0 Å². The highest BCUT2D eigenvalue weighted by atomic mass is 127. The first kappa shape index (κ1) is 22.8. The largest absolute Gasteiger partial charge is 0.354 e. The van der Waals surface area contributed by atoms with Gasteiger partial charge in [0.15, 0.2) is 5.96 Å². The quantitative estimate of drug-likeness (QED) is 0.377. The summed E-state index contributed by atoms with van der Waals surface area (Å²) in [5.74, 6) is 2.04. The van der Waals surface area contributed by atoms with Crippen LogP contribution in [0, 0.1) is 0 Å². The number of para-hydroxylation sites is 1.